The van der Waals surface area contributed by atoms with E-state index in [0.717, 1.165) is 0 Å². The zero-order chi connectivity index (χ0) is 21.2. The molecule has 0 atom stereocenters. The van der Waals surface area contributed by atoms with Crippen molar-refractivity contribution in [3.05, 3.63) is 58.1 Å². The number of amides is 2. The summed E-state index contributed by atoms with van der Waals surface area (Å²) in [7, 11) is 0. The highest BCUT2D eigenvalue weighted by Gasteiger charge is 2.13. The molecule has 2 aromatic carbocycles. The number of nitrogens with one attached hydrogen (secondary N) is 2. The van der Waals surface area contributed by atoms with Crippen LogP contribution in [0.25, 0.3) is 0 Å². The minimum absolute atomic E-state index is 0.178. The maximum atomic E-state index is 12.3. The van der Waals surface area contributed by atoms with Crippen molar-refractivity contribution in [1.82, 2.24) is 10.9 Å². The van der Waals surface area contributed by atoms with Crippen LogP contribution in [0, 0.1) is 5.92 Å². The van der Waals surface area contributed by atoms with E-state index in [1.807, 2.05) is 13.8 Å². The Morgan fingerprint density at radius 2 is 1.76 bits per heavy atom. The minimum atomic E-state index is -0.443. The molecule has 0 aliphatic heterocycles. The third kappa shape index (κ3) is 7.83. The Bertz CT molecular complexity index is 843. The monoisotopic (exact) mass is 438 g/mol. The van der Waals surface area contributed by atoms with Crippen molar-refractivity contribution in [2.75, 3.05) is 13.2 Å². The van der Waals surface area contributed by atoms with E-state index in [9.17, 15) is 9.59 Å². The molecule has 0 aliphatic rings. The summed E-state index contributed by atoms with van der Waals surface area (Å²) in [6.45, 7) is 4.84. The van der Waals surface area contributed by atoms with Gasteiger partial charge in [0.15, 0.2) is 0 Å². The second-order valence-corrected chi connectivity index (χ2v) is 7.57. The molecule has 0 aromatic heterocycles. The number of hydrogen-bond donors (Lipinski definition) is 2. The fourth-order valence-corrected chi connectivity index (χ4v) is 2.76. The quantitative estimate of drug-likeness (QED) is 0.441. The Kier molecular flexibility index (Phi) is 9.09. The van der Waals surface area contributed by atoms with Crippen LogP contribution in [0.2, 0.25) is 10.0 Å². The van der Waals surface area contributed by atoms with Crippen LogP contribution in [0.15, 0.2) is 42.5 Å². The maximum Gasteiger partial charge on any atom is 0.273 e. The van der Waals surface area contributed by atoms with E-state index in [1.165, 1.54) is 0 Å². The van der Waals surface area contributed by atoms with Crippen LogP contribution >= 0.6 is 23.2 Å². The van der Waals surface area contributed by atoms with E-state index in [1.54, 1.807) is 42.5 Å². The van der Waals surface area contributed by atoms with Gasteiger partial charge in [-0.15, -0.1) is 0 Å². The van der Waals surface area contributed by atoms with Crippen LogP contribution in [0.5, 0.6) is 11.5 Å². The predicted molar refractivity (Wildman–Crippen MR) is 114 cm³/mol. The number of carbonyl (C=O) groups excluding carboxylic acids is 2. The van der Waals surface area contributed by atoms with Crippen LogP contribution in [-0.2, 0) is 4.79 Å². The fourth-order valence-electron chi connectivity index (χ4n) is 2.30. The standard InChI is InChI=1S/C21H24Cl2N2O4/c1-14(2)13-29-18-7-4-3-6-16(18)21(27)25-24-20(26)8-5-11-28-19-10-9-15(22)12-17(19)23/h3-4,6-7,9-10,12,14H,5,8,11,13H2,1-2H3,(H,24,26)(H,25,27). The van der Waals surface area contributed by atoms with Gasteiger partial charge in [-0.1, -0.05) is 49.2 Å². The Morgan fingerprint density at radius 1 is 1.00 bits per heavy atom. The molecule has 0 radical (unpaired) electrons. The first kappa shape index (κ1) is 22.8. The second-order valence-electron chi connectivity index (χ2n) is 6.73. The highest BCUT2D eigenvalue weighted by Crippen LogP contribution is 2.27. The minimum Gasteiger partial charge on any atom is -0.492 e. The number of rotatable bonds is 9. The van der Waals surface area contributed by atoms with Gasteiger partial charge in [0.05, 0.1) is 23.8 Å². The molecule has 0 spiro atoms. The van der Waals surface area contributed by atoms with E-state index >= 15 is 0 Å². The average Bonchev–Trinajstić information content (AvgIpc) is 2.69. The number of ether oxygens (including phenoxy) is 2. The smallest absolute Gasteiger partial charge is 0.273 e. The third-order valence-corrected chi connectivity index (χ3v) is 4.25. The molecule has 0 saturated heterocycles. The molecule has 0 aliphatic carbocycles. The van der Waals surface area contributed by atoms with Gasteiger partial charge in [-0.25, -0.2) is 0 Å². The van der Waals surface area contributed by atoms with Gasteiger partial charge in [-0.3, -0.25) is 20.4 Å². The highest BCUT2D eigenvalue weighted by molar-refractivity contribution is 6.35. The van der Waals surface area contributed by atoms with Gasteiger partial charge in [0.2, 0.25) is 5.91 Å². The van der Waals surface area contributed by atoms with E-state index in [2.05, 4.69) is 10.9 Å². The van der Waals surface area contributed by atoms with Crippen LogP contribution < -0.4 is 20.3 Å². The van der Waals surface area contributed by atoms with Crippen LogP contribution in [0.1, 0.15) is 37.0 Å². The highest BCUT2D eigenvalue weighted by atomic mass is 35.5. The zero-order valence-corrected chi connectivity index (χ0v) is 17.8. The number of hydrogen-bond acceptors (Lipinski definition) is 4. The van der Waals surface area contributed by atoms with E-state index in [4.69, 9.17) is 32.7 Å². The van der Waals surface area contributed by atoms with Gasteiger partial charge in [-0.05, 0) is 42.7 Å². The summed E-state index contributed by atoms with van der Waals surface area (Å²) in [5.74, 6) is 0.534. The molecule has 2 amide bonds. The van der Waals surface area contributed by atoms with Crippen molar-refractivity contribution >= 4 is 35.0 Å². The first-order valence-corrected chi connectivity index (χ1v) is 10.0. The summed E-state index contributed by atoms with van der Waals surface area (Å²) >= 11 is 11.8. The zero-order valence-electron chi connectivity index (χ0n) is 16.3. The Labute approximate surface area is 180 Å². The molecule has 0 bridgehead atoms. The van der Waals surface area contributed by atoms with Gasteiger partial charge in [0.25, 0.3) is 5.91 Å². The van der Waals surface area contributed by atoms with Gasteiger partial charge in [0, 0.05) is 11.4 Å². The lowest BCUT2D eigenvalue weighted by atomic mass is 10.2. The maximum absolute atomic E-state index is 12.3. The van der Waals surface area contributed by atoms with Crippen molar-refractivity contribution < 1.29 is 19.1 Å². The first-order chi connectivity index (χ1) is 13.9. The molecule has 0 heterocycles. The van der Waals surface area contributed by atoms with Crippen molar-refractivity contribution in [1.29, 1.82) is 0 Å². The molecule has 0 fully saturated rings. The van der Waals surface area contributed by atoms with Crippen LogP contribution in [0.4, 0.5) is 0 Å². The molecule has 0 unspecified atom stereocenters. The van der Waals surface area contributed by atoms with Gasteiger partial charge in [-0.2, -0.15) is 0 Å². The van der Waals surface area contributed by atoms with E-state index in [-0.39, 0.29) is 12.3 Å². The molecule has 8 heteroatoms. The lowest BCUT2D eigenvalue weighted by Gasteiger charge is -2.13. The second kappa shape index (κ2) is 11.5. The molecule has 0 saturated carbocycles. The van der Waals surface area contributed by atoms with Crippen molar-refractivity contribution in [3.63, 3.8) is 0 Å². The van der Waals surface area contributed by atoms with Crippen molar-refractivity contribution in [2.45, 2.75) is 26.7 Å². The van der Waals surface area contributed by atoms with Crippen molar-refractivity contribution in [3.8, 4) is 11.5 Å². The lowest BCUT2D eigenvalue weighted by molar-refractivity contribution is -0.122. The Balaban J connectivity index is 1.74. The molecule has 2 rings (SSSR count). The molecular weight excluding hydrogens is 415 g/mol. The number of hydrazine groups is 1. The Morgan fingerprint density at radius 3 is 2.48 bits per heavy atom. The number of halogens is 2. The molecule has 2 N–H and O–H groups in total. The number of para-hydroxylation sites is 1. The summed E-state index contributed by atoms with van der Waals surface area (Å²) in [6, 6.07) is 11.8. The lowest BCUT2D eigenvalue weighted by Crippen LogP contribution is -2.41. The van der Waals surface area contributed by atoms with Gasteiger partial charge in [0.1, 0.15) is 11.5 Å². The number of benzene rings is 2. The average molecular weight is 439 g/mol. The fraction of sp³-hybridized carbons (Fsp3) is 0.333. The SMILES string of the molecule is CC(C)COc1ccccc1C(=O)NNC(=O)CCCOc1ccc(Cl)cc1Cl. The summed E-state index contributed by atoms with van der Waals surface area (Å²) in [5, 5.41) is 0.932. The summed E-state index contributed by atoms with van der Waals surface area (Å²) in [4.78, 5) is 24.3. The predicted octanol–water partition coefficient (Wildman–Crippen LogP) is 4.65. The number of carbonyl (C=O) groups is 2. The van der Waals surface area contributed by atoms with Gasteiger partial charge < -0.3 is 9.47 Å². The molecular formula is C21H24Cl2N2O4. The molecule has 29 heavy (non-hydrogen) atoms. The molecule has 156 valence electrons. The van der Waals surface area contributed by atoms with Crippen LogP contribution in [0.3, 0.4) is 0 Å². The largest absolute Gasteiger partial charge is 0.492 e. The van der Waals surface area contributed by atoms with E-state index in [0.29, 0.717) is 52.7 Å². The first-order valence-electron chi connectivity index (χ1n) is 9.25. The normalized spacial score (nSPS) is 10.5. The summed E-state index contributed by atoms with van der Waals surface area (Å²) < 4.78 is 11.2. The summed E-state index contributed by atoms with van der Waals surface area (Å²) in [6.07, 6.45) is 0.631. The third-order valence-electron chi connectivity index (χ3n) is 3.72. The Hall–Kier alpha value is -2.44. The summed E-state index contributed by atoms with van der Waals surface area (Å²) in [5.41, 5.74) is 5.16. The van der Waals surface area contributed by atoms with Gasteiger partial charge >= 0.3 is 0 Å². The van der Waals surface area contributed by atoms with Crippen molar-refractivity contribution in [2.24, 2.45) is 5.92 Å². The topological polar surface area (TPSA) is 76.7 Å². The van der Waals surface area contributed by atoms with E-state index < -0.39 is 5.91 Å². The molecule has 2 aromatic rings. The van der Waals surface area contributed by atoms with Crippen LogP contribution in [-0.4, -0.2) is 25.0 Å². The molecule has 6 nitrogen and oxygen atoms in total.